The second-order valence-electron chi connectivity index (χ2n) is 7.25. The summed E-state index contributed by atoms with van der Waals surface area (Å²) in [5.41, 5.74) is 1.72. The van der Waals surface area contributed by atoms with Crippen LogP contribution in [0.4, 0.5) is 5.69 Å². The number of amides is 2. The standard InChI is InChI=1S/C22H22N2O6/c1-14-10-11-16(13-15(14)2)30-19(25)9-4-3-5-12-23-21(26)17-7-6-8-18(24(28)29)20(17)22(23)27/h6-8,10-11,13H,3-5,9,12H2,1-2H3. The summed E-state index contributed by atoms with van der Waals surface area (Å²) in [6.45, 7) is 4.07. The number of nitro benzene ring substituents is 1. The molecular formula is C22H22N2O6. The number of benzene rings is 2. The molecule has 0 spiro atoms. The van der Waals surface area contributed by atoms with Crippen LogP contribution in [-0.4, -0.2) is 34.2 Å². The molecule has 0 bridgehead atoms. The lowest BCUT2D eigenvalue weighted by molar-refractivity contribution is -0.385. The molecule has 0 N–H and O–H groups in total. The van der Waals surface area contributed by atoms with Gasteiger partial charge in [-0.05, 0) is 56.0 Å². The van der Waals surface area contributed by atoms with Gasteiger partial charge < -0.3 is 4.74 Å². The van der Waals surface area contributed by atoms with Gasteiger partial charge in [-0.25, -0.2) is 0 Å². The van der Waals surface area contributed by atoms with Crippen LogP contribution in [-0.2, 0) is 4.79 Å². The number of unbranched alkanes of at least 4 members (excludes halogenated alkanes) is 2. The summed E-state index contributed by atoms with van der Waals surface area (Å²) in [5, 5.41) is 11.1. The Kier molecular flexibility index (Phi) is 6.25. The van der Waals surface area contributed by atoms with Gasteiger partial charge in [0.15, 0.2) is 0 Å². The van der Waals surface area contributed by atoms with E-state index in [0.717, 1.165) is 16.0 Å². The normalized spacial score (nSPS) is 12.8. The molecule has 2 amide bonds. The largest absolute Gasteiger partial charge is 0.427 e. The number of hydrogen-bond donors (Lipinski definition) is 0. The predicted molar refractivity (Wildman–Crippen MR) is 108 cm³/mol. The minimum absolute atomic E-state index is 0.0613. The summed E-state index contributed by atoms with van der Waals surface area (Å²) in [5.74, 6) is -0.991. The molecule has 30 heavy (non-hydrogen) atoms. The quantitative estimate of drug-likeness (QED) is 0.163. The molecule has 0 fully saturated rings. The van der Waals surface area contributed by atoms with Gasteiger partial charge >= 0.3 is 5.97 Å². The number of ether oxygens (including phenoxy) is 1. The third-order valence-corrected chi connectivity index (χ3v) is 5.15. The fourth-order valence-electron chi connectivity index (χ4n) is 3.35. The molecule has 2 aromatic carbocycles. The third-order valence-electron chi connectivity index (χ3n) is 5.15. The number of carbonyl (C=O) groups excluding carboxylic acids is 3. The van der Waals surface area contributed by atoms with Gasteiger partial charge in [0, 0.05) is 19.0 Å². The monoisotopic (exact) mass is 410 g/mol. The van der Waals surface area contributed by atoms with Crippen molar-refractivity contribution in [1.29, 1.82) is 0 Å². The Morgan fingerprint density at radius 3 is 2.50 bits per heavy atom. The molecule has 3 rings (SSSR count). The second-order valence-corrected chi connectivity index (χ2v) is 7.25. The van der Waals surface area contributed by atoms with E-state index < -0.39 is 16.7 Å². The molecule has 0 unspecified atom stereocenters. The van der Waals surface area contributed by atoms with Crippen LogP contribution in [0, 0.1) is 24.0 Å². The number of nitrogens with zero attached hydrogens (tertiary/aromatic N) is 2. The van der Waals surface area contributed by atoms with Gasteiger partial charge in [-0.2, -0.15) is 0 Å². The van der Waals surface area contributed by atoms with Crippen molar-refractivity contribution in [3.05, 3.63) is 68.8 Å². The average Bonchev–Trinajstić information content (AvgIpc) is 2.95. The third kappa shape index (κ3) is 4.37. The van der Waals surface area contributed by atoms with Crippen LogP contribution in [0.1, 0.15) is 57.5 Å². The van der Waals surface area contributed by atoms with Crippen molar-refractivity contribution in [3.8, 4) is 5.75 Å². The summed E-state index contributed by atoms with van der Waals surface area (Å²) in [7, 11) is 0. The van der Waals surface area contributed by atoms with Crippen LogP contribution < -0.4 is 4.74 Å². The highest BCUT2D eigenvalue weighted by Crippen LogP contribution is 2.30. The summed E-state index contributed by atoms with van der Waals surface area (Å²) >= 11 is 0. The minimum atomic E-state index is -0.658. The zero-order valence-electron chi connectivity index (χ0n) is 16.8. The van der Waals surface area contributed by atoms with Crippen molar-refractivity contribution in [2.75, 3.05) is 6.54 Å². The molecule has 0 aliphatic carbocycles. The number of imide groups is 1. The topological polar surface area (TPSA) is 107 Å². The van der Waals surface area contributed by atoms with Gasteiger partial charge in [-0.1, -0.05) is 18.6 Å². The lowest BCUT2D eigenvalue weighted by Crippen LogP contribution is -2.30. The average molecular weight is 410 g/mol. The molecule has 156 valence electrons. The molecule has 1 aliphatic heterocycles. The first-order valence-electron chi connectivity index (χ1n) is 9.71. The van der Waals surface area contributed by atoms with Crippen LogP contribution in [0.3, 0.4) is 0 Å². The number of nitro groups is 1. The summed E-state index contributed by atoms with van der Waals surface area (Å²) in [6, 6.07) is 9.49. The van der Waals surface area contributed by atoms with Crippen LogP contribution >= 0.6 is 0 Å². The smallest absolute Gasteiger partial charge is 0.311 e. The van der Waals surface area contributed by atoms with E-state index >= 15 is 0 Å². The van der Waals surface area contributed by atoms with Crippen LogP contribution in [0.5, 0.6) is 5.75 Å². The maximum absolute atomic E-state index is 12.5. The highest BCUT2D eigenvalue weighted by Gasteiger charge is 2.40. The van der Waals surface area contributed by atoms with Crippen LogP contribution in [0.2, 0.25) is 0 Å². The first-order valence-corrected chi connectivity index (χ1v) is 9.71. The maximum atomic E-state index is 12.5. The Morgan fingerprint density at radius 1 is 1.03 bits per heavy atom. The van der Waals surface area contributed by atoms with Crippen LogP contribution in [0.15, 0.2) is 36.4 Å². The molecule has 8 nitrogen and oxygen atoms in total. The Labute approximate surface area is 173 Å². The van der Waals surface area contributed by atoms with Crippen molar-refractivity contribution in [2.24, 2.45) is 0 Å². The van der Waals surface area contributed by atoms with E-state index in [2.05, 4.69) is 0 Å². The number of aryl methyl sites for hydroxylation is 2. The molecule has 1 aliphatic rings. The molecule has 0 radical (unpaired) electrons. The Bertz CT molecular complexity index is 1030. The maximum Gasteiger partial charge on any atom is 0.311 e. The number of fused-ring (bicyclic) bond motifs is 1. The summed E-state index contributed by atoms with van der Waals surface area (Å²) < 4.78 is 5.32. The molecule has 1 heterocycles. The van der Waals surface area contributed by atoms with E-state index in [9.17, 15) is 24.5 Å². The van der Waals surface area contributed by atoms with E-state index in [-0.39, 0.29) is 35.7 Å². The Hall–Kier alpha value is -3.55. The van der Waals surface area contributed by atoms with Crippen molar-refractivity contribution in [3.63, 3.8) is 0 Å². The van der Waals surface area contributed by atoms with Crippen molar-refractivity contribution >= 4 is 23.5 Å². The SMILES string of the molecule is Cc1ccc(OC(=O)CCCCCN2C(=O)c3cccc([N+](=O)[O-])c3C2=O)cc1C. The van der Waals surface area contributed by atoms with Gasteiger partial charge in [0.1, 0.15) is 11.3 Å². The molecule has 0 aromatic heterocycles. The van der Waals surface area contributed by atoms with Crippen molar-refractivity contribution in [1.82, 2.24) is 4.90 Å². The first-order chi connectivity index (χ1) is 14.3. The van der Waals surface area contributed by atoms with Crippen molar-refractivity contribution < 1.29 is 24.0 Å². The molecule has 0 saturated heterocycles. The fourth-order valence-corrected chi connectivity index (χ4v) is 3.35. The van der Waals surface area contributed by atoms with Gasteiger partial charge in [-0.15, -0.1) is 0 Å². The Morgan fingerprint density at radius 2 is 1.80 bits per heavy atom. The van der Waals surface area contributed by atoms with Gasteiger partial charge in [0.25, 0.3) is 17.5 Å². The molecule has 2 aromatic rings. The van der Waals surface area contributed by atoms with Gasteiger partial charge in [0.05, 0.1) is 10.5 Å². The van der Waals surface area contributed by atoms with Crippen LogP contribution in [0.25, 0.3) is 0 Å². The number of rotatable bonds is 8. The number of hydrogen-bond acceptors (Lipinski definition) is 6. The van der Waals surface area contributed by atoms with Gasteiger partial charge in [-0.3, -0.25) is 29.4 Å². The highest BCUT2D eigenvalue weighted by molar-refractivity contribution is 6.23. The first kappa shape index (κ1) is 21.2. The zero-order chi connectivity index (χ0) is 21.8. The number of esters is 1. The van der Waals surface area contributed by atoms with E-state index in [0.29, 0.717) is 25.0 Å². The van der Waals surface area contributed by atoms with E-state index in [1.807, 2.05) is 26.0 Å². The lowest BCUT2D eigenvalue weighted by Gasteiger charge is -2.13. The molecule has 0 saturated carbocycles. The summed E-state index contributed by atoms with van der Waals surface area (Å²) in [6.07, 6.45) is 1.88. The second kappa shape index (κ2) is 8.86. The van der Waals surface area contributed by atoms with E-state index in [4.69, 9.17) is 4.74 Å². The molecule has 8 heteroatoms. The van der Waals surface area contributed by atoms with E-state index in [1.165, 1.54) is 18.2 Å². The number of carbonyl (C=O) groups is 3. The van der Waals surface area contributed by atoms with Crippen molar-refractivity contribution in [2.45, 2.75) is 39.5 Å². The molecular weight excluding hydrogens is 388 g/mol. The predicted octanol–water partition coefficient (Wildman–Crippen LogP) is 3.97. The van der Waals surface area contributed by atoms with Gasteiger partial charge in [0.2, 0.25) is 0 Å². The zero-order valence-corrected chi connectivity index (χ0v) is 16.8. The fraction of sp³-hybridized carbons (Fsp3) is 0.318. The highest BCUT2D eigenvalue weighted by atomic mass is 16.6. The Balaban J connectivity index is 1.47. The summed E-state index contributed by atoms with van der Waals surface area (Å²) in [4.78, 5) is 48.4. The lowest BCUT2D eigenvalue weighted by atomic mass is 10.1. The minimum Gasteiger partial charge on any atom is -0.427 e. The molecule has 0 atom stereocenters. The van der Waals surface area contributed by atoms with E-state index in [1.54, 1.807) is 6.07 Å².